The number of rotatable bonds is 12. The minimum atomic E-state index is -0.0250. The Bertz CT molecular complexity index is 123. The molecule has 0 unspecified atom stereocenters. The maximum Gasteiger partial charge on any atom is 0.0540 e. The number of unbranched alkanes of at least 4 members (excludes halogenated alkanes) is 8. The van der Waals surface area contributed by atoms with Gasteiger partial charge in [0.1, 0.15) is 0 Å². The van der Waals surface area contributed by atoms with E-state index >= 15 is 0 Å². The Morgan fingerprint density at radius 2 is 1.00 bits per heavy atom. The quantitative estimate of drug-likeness (QED) is 0.462. The zero-order valence-corrected chi connectivity index (χ0v) is 11.5. The fraction of sp³-hybridized carbons (Fsp3) is 1.00. The summed E-state index contributed by atoms with van der Waals surface area (Å²) in [7, 11) is 0. The molecule has 0 radical (unpaired) electrons. The second-order valence-electron chi connectivity index (χ2n) is 5.06. The molecule has 98 valence electrons. The summed E-state index contributed by atoms with van der Waals surface area (Å²) < 4.78 is 0. The summed E-state index contributed by atoms with van der Waals surface area (Å²) in [5, 5.41) is 9.75. The van der Waals surface area contributed by atoms with Gasteiger partial charge in [0, 0.05) is 0 Å². The summed E-state index contributed by atoms with van der Waals surface area (Å²) in [6, 6.07) is 0. The van der Waals surface area contributed by atoms with E-state index in [1.54, 1.807) is 0 Å². The van der Waals surface area contributed by atoms with Gasteiger partial charge in [-0.1, -0.05) is 78.1 Å². The highest BCUT2D eigenvalue weighted by atomic mass is 16.3. The van der Waals surface area contributed by atoms with Crippen LogP contribution in [0, 0.1) is 0 Å². The molecule has 0 aliphatic rings. The fourth-order valence-corrected chi connectivity index (χ4v) is 2.11. The lowest BCUT2D eigenvalue weighted by atomic mass is 10.0. The molecule has 0 spiro atoms. The molecule has 0 bridgehead atoms. The topological polar surface area (TPSA) is 20.2 Å². The predicted octanol–water partition coefficient (Wildman–Crippen LogP) is 5.07. The van der Waals surface area contributed by atoms with E-state index in [9.17, 15) is 5.11 Å². The highest BCUT2D eigenvalue weighted by Crippen LogP contribution is 2.12. The minimum absolute atomic E-state index is 0.0250. The Labute approximate surface area is 103 Å². The molecule has 1 atom stereocenters. The first-order valence-electron chi connectivity index (χ1n) is 7.49. The summed E-state index contributed by atoms with van der Waals surface area (Å²) in [6.07, 6.45) is 15.1. The first kappa shape index (κ1) is 16.0. The van der Waals surface area contributed by atoms with E-state index in [4.69, 9.17) is 0 Å². The van der Waals surface area contributed by atoms with Crippen molar-refractivity contribution in [1.29, 1.82) is 0 Å². The van der Waals surface area contributed by atoms with Gasteiger partial charge in [0.2, 0.25) is 0 Å². The maximum absolute atomic E-state index is 9.75. The Balaban J connectivity index is 3.08. The van der Waals surface area contributed by atoms with Crippen LogP contribution in [-0.4, -0.2) is 11.2 Å². The summed E-state index contributed by atoms with van der Waals surface area (Å²) >= 11 is 0. The molecular weight excluding hydrogens is 196 g/mol. The van der Waals surface area contributed by atoms with Crippen LogP contribution in [0.5, 0.6) is 0 Å². The van der Waals surface area contributed by atoms with Gasteiger partial charge in [-0.05, 0) is 12.8 Å². The SMILES string of the molecule is CCCCCCCC[C@H](O)CCCCCC. The lowest BCUT2D eigenvalue weighted by Gasteiger charge is -2.09. The summed E-state index contributed by atoms with van der Waals surface area (Å²) in [4.78, 5) is 0. The molecule has 1 heteroatoms. The van der Waals surface area contributed by atoms with E-state index in [-0.39, 0.29) is 6.10 Å². The predicted molar refractivity (Wildman–Crippen MR) is 72.8 cm³/mol. The first-order chi connectivity index (χ1) is 7.81. The maximum atomic E-state index is 9.75. The molecule has 0 aliphatic heterocycles. The monoisotopic (exact) mass is 228 g/mol. The van der Waals surface area contributed by atoms with E-state index in [0.717, 1.165) is 12.8 Å². The molecule has 0 aromatic rings. The molecule has 16 heavy (non-hydrogen) atoms. The van der Waals surface area contributed by atoms with Gasteiger partial charge < -0.3 is 5.11 Å². The van der Waals surface area contributed by atoms with Crippen molar-refractivity contribution < 1.29 is 5.11 Å². The molecular formula is C15H32O. The van der Waals surface area contributed by atoms with Crippen molar-refractivity contribution in [2.75, 3.05) is 0 Å². The van der Waals surface area contributed by atoms with Crippen LogP contribution in [0.3, 0.4) is 0 Å². The normalized spacial score (nSPS) is 12.9. The van der Waals surface area contributed by atoms with Crippen molar-refractivity contribution in [1.82, 2.24) is 0 Å². The van der Waals surface area contributed by atoms with Gasteiger partial charge in [0.15, 0.2) is 0 Å². The fourth-order valence-electron chi connectivity index (χ4n) is 2.11. The molecule has 0 amide bonds. The zero-order valence-electron chi connectivity index (χ0n) is 11.5. The molecule has 0 aliphatic carbocycles. The second kappa shape index (κ2) is 13.0. The molecule has 0 saturated heterocycles. The van der Waals surface area contributed by atoms with E-state index in [1.807, 2.05) is 0 Å². The molecule has 1 N–H and O–H groups in total. The number of aliphatic hydroxyl groups is 1. The van der Waals surface area contributed by atoms with E-state index in [2.05, 4.69) is 13.8 Å². The highest BCUT2D eigenvalue weighted by molar-refractivity contribution is 4.57. The van der Waals surface area contributed by atoms with Gasteiger partial charge in [0.05, 0.1) is 6.10 Å². The van der Waals surface area contributed by atoms with Crippen molar-refractivity contribution in [3.05, 3.63) is 0 Å². The van der Waals surface area contributed by atoms with Gasteiger partial charge in [-0.2, -0.15) is 0 Å². The number of hydrogen-bond donors (Lipinski definition) is 1. The molecule has 0 fully saturated rings. The zero-order chi connectivity index (χ0) is 12.1. The van der Waals surface area contributed by atoms with Crippen molar-refractivity contribution in [3.63, 3.8) is 0 Å². The first-order valence-corrected chi connectivity index (χ1v) is 7.49. The molecule has 0 aromatic heterocycles. The molecule has 0 saturated carbocycles. The summed E-state index contributed by atoms with van der Waals surface area (Å²) in [6.45, 7) is 4.48. The molecule has 0 rings (SSSR count). The largest absolute Gasteiger partial charge is 0.393 e. The Hall–Kier alpha value is -0.0400. The van der Waals surface area contributed by atoms with Crippen LogP contribution in [0.4, 0.5) is 0 Å². The highest BCUT2D eigenvalue weighted by Gasteiger charge is 2.03. The number of aliphatic hydroxyl groups excluding tert-OH is 1. The van der Waals surface area contributed by atoms with E-state index in [0.29, 0.717) is 0 Å². The molecule has 0 aromatic carbocycles. The Morgan fingerprint density at radius 1 is 0.625 bits per heavy atom. The van der Waals surface area contributed by atoms with Crippen LogP contribution >= 0.6 is 0 Å². The van der Waals surface area contributed by atoms with Crippen LogP contribution in [0.25, 0.3) is 0 Å². The van der Waals surface area contributed by atoms with Crippen LogP contribution in [0.15, 0.2) is 0 Å². The van der Waals surface area contributed by atoms with Crippen molar-refractivity contribution in [2.24, 2.45) is 0 Å². The smallest absolute Gasteiger partial charge is 0.0540 e. The third-order valence-electron chi connectivity index (χ3n) is 3.28. The standard InChI is InChI=1S/C15H32O/c1-3-5-7-9-10-12-14-15(16)13-11-8-6-4-2/h15-16H,3-14H2,1-2H3/t15-/m1/s1. The summed E-state index contributed by atoms with van der Waals surface area (Å²) in [5.74, 6) is 0. The minimum Gasteiger partial charge on any atom is -0.393 e. The Kier molecular flexibility index (Phi) is 13.0. The van der Waals surface area contributed by atoms with Crippen molar-refractivity contribution >= 4 is 0 Å². The van der Waals surface area contributed by atoms with Gasteiger partial charge in [-0.15, -0.1) is 0 Å². The lowest BCUT2D eigenvalue weighted by molar-refractivity contribution is 0.147. The molecule has 1 nitrogen and oxygen atoms in total. The second-order valence-corrected chi connectivity index (χ2v) is 5.06. The Morgan fingerprint density at radius 3 is 1.50 bits per heavy atom. The average molecular weight is 228 g/mol. The van der Waals surface area contributed by atoms with Gasteiger partial charge in [-0.3, -0.25) is 0 Å². The average Bonchev–Trinajstić information content (AvgIpc) is 2.29. The van der Waals surface area contributed by atoms with Crippen LogP contribution in [0.2, 0.25) is 0 Å². The van der Waals surface area contributed by atoms with Crippen molar-refractivity contribution in [3.8, 4) is 0 Å². The van der Waals surface area contributed by atoms with Crippen LogP contribution in [0.1, 0.15) is 90.9 Å². The lowest BCUT2D eigenvalue weighted by Crippen LogP contribution is -2.05. The third-order valence-corrected chi connectivity index (χ3v) is 3.28. The van der Waals surface area contributed by atoms with E-state index in [1.165, 1.54) is 64.2 Å². The molecule has 0 heterocycles. The van der Waals surface area contributed by atoms with Crippen molar-refractivity contribution in [2.45, 2.75) is 97.0 Å². The number of hydrogen-bond acceptors (Lipinski definition) is 1. The van der Waals surface area contributed by atoms with Gasteiger partial charge >= 0.3 is 0 Å². The van der Waals surface area contributed by atoms with Crippen LogP contribution < -0.4 is 0 Å². The van der Waals surface area contributed by atoms with Crippen LogP contribution in [-0.2, 0) is 0 Å². The van der Waals surface area contributed by atoms with E-state index < -0.39 is 0 Å². The summed E-state index contributed by atoms with van der Waals surface area (Å²) in [5.41, 5.74) is 0. The van der Waals surface area contributed by atoms with Gasteiger partial charge in [0.25, 0.3) is 0 Å². The van der Waals surface area contributed by atoms with Gasteiger partial charge in [-0.25, -0.2) is 0 Å². The third kappa shape index (κ3) is 12.0.